The molecule has 2 fully saturated rings. The molecule has 8 atom stereocenters. The topological polar surface area (TPSA) is 224 Å². The van der Waals surface area contributed by atoms with Gasteiger partial charge >= 0.3 is 11.4 Å². The van der Waals surface area contributed by atoms with E-state index in [1.165, 1.54) is 25.4 Å². The summed E-state index contributed by atoms with van der Waals surface area (Å²) in [6.45, 7) is 0.995. The van der Waals surface area contributed by atoms with Crippen molar-refractivity contribution in [3.8, 4) is 0 Å². The Morgan fingerprint density at radius 2 is 1.97 bits per heavy atom. The van der Waals surface area contributed by atoms with Crippen LogP contribution in [-0.4, -0.2) is 77.8 Å². The number of H-pyrrole nitrogens is 1. The van der Waals surface area contributed by atoms with Crippen molar-refractivity contribution in [2.24, 2.45) is 0 Å². The first-order valence-electron chi connectivity index (χ1n) is 10.4. The smallest absolute Gasteiger partial charge is 0.351 e. The van der Waals surface area contributed by atoms with Crippen LogP contribution < -0.4 is 22.7 Å². The van der Waals surface area contributed by atoms with Crippen molar-refractivity contribution in [3.63, 3.8) is 0 Å². The number of nitrogens with two attached hydrogens (primary N) is 1. The number of rotatable bonds is 6. The summed E-state index contributed by atoms with van der Waals surface area (Å²) in [6.07, 6.45) is -8.67. The number of nitrogen functional groups attached to an aromatic ring is 1. The predicted molar refractivity (Wildman–Crippen MR) is 110 cm³/mol. The zero-order valence-electron chi connectivity index (χ0n) is 17.9. The molecule has 2 aromatic rings. The number of hydrogen-bond donors (Lipinski definition) is 5. The largest absolute Gasteiger partial charge is 0.390 e. The first-order valence-corrected chi connectivity index (χ1v) is 10.4. The number of aliphatic hydroxyl groups excluding tert-OH is 3. The molecule has 15 heteroatoms. The van der Waals surface area contributed by atoms with Gasteiger partial charge in [-0.2, -0.15) is 10.1 Å². The monoisotopic (exact) mass is 482 g/mol. The number of ether oxygens (including phenoxy) is 3. The number of aromatic nitrogens is 4. The van der Waals surface area contributed by atoms with Gasteiger partial charge in [-0.1, -0.05) is 0 Å². The van der Waals surface area contributed by atoms with Gasteiger partial charge in [0.15, 0.2) is 6.23 Å². The van der Waals surface area contributed by atoms with Gasteiger partial charge in [-0.15, -0.1) is 0 Å². The number of nitrogens with one attached hydrogen (secondary N) is 1. The lowest BCUT2D eigenvalue weighted by Crippen LogP contribution is -2.40. The second kappa shape index (κ2) is 9.38. The van der Waals surface area contributed by atoms with E-state index < -0.39 is 72.8 Å². The molecule has 4 heterocycles. The van der Waals surface area contributed by atoms with Gasteiger partial charge in [-0.3, -0.25) is 18.9 Å². The molecule has 6 N–H and O–H groups in total. The van der Waals surface area contributed by atoms with Crippen LogP contribution in [-0.2, 0) is 19.3 Å². The maximum atomic E-state index is 12.6. The Labute approximate surface area is 190 Å². The molecular formula is C19H24N5O10. The molecule has 2 saturated heterocycles. The van der Waals surface area contributed by atoms with Crippen LogP contribution in [0.2, 0.25) is 0 Å². The fourth-order valence-electron chi connectivity index (χ4n) is 3.89. The normalized spacial score (nSPS) is 32.2. The van der Waals surface area contributed by atoms with Crippen molar-refractivity contribution in [2.45, 2.75) is 62.6 Å². The molecule has 15 nitrogen and oxygen atoms in total. The zero-order chi connectivity index (χ0) is 24.7. The molecule has 1 radical (unpaired) electrons. The maximum Gasteiger partial charge on any atom is 0.351 e. The van der Waals surface area contributed by atoms with Crippen LogP contribution in [0.1, 0.15) is 24.4 Å². The average Bonchev–Trinajstić information content (AvgIpc) is 3.29. The van der Waals surface area contributed by atoms with Crippen LogP contribution in [0.4, 0.5) is 5.82 Å². The SMILES string of the molecule is Cc1cn([C@H]2C[C@H](O)[C@@H](C([O])OC[C@H]3O[C@@H](n4ccc(N)nc4=O)[C@H](O)[C@@H]3O)O2)c(=O)[nH]c1=O. The third-order valence-electron chi connectivity index (χ3n) is 5.75. The van der Waals surface area contributed by atoms with Gasteiger partial charge in [0.1, 0.15) is 36.5 Å². The van der Waals surface area contributed by atoms with E-state index in [-0.39, 0.29) is 17.8 Å². The number of aromatic amines is 1. The highest BCUT2D eigenvalue weighted by atomic mass is 16.7. The first kappa shape index (κ1) is 24.2. The Balaban J connectivity index is 1.39. The molecule has 0 saturated carbocycles. The lowest BCUT2D eigenvalue weighted by molar-refractivity contribution is -0.235. The van der Waals surface area contributed by atoms with Crippen molar-refractivity contribution in [2.75, 3.05) is 12.3 Å². The Morgan fingerprint density at radius 3 is 2.68 bits per heavy atom. The standard InChI is InChI=1S/C19H24N5O10/c1-7-5-24(19(31)22-15(7)28)11-4-8(25)14(34-11)17(29)32-6-9-12(26)13(27)16(33-9)23-3-2-10(20)21-18(23)30/h2-3,5,8-9,11-14,16-17,25-27H,4,6H2,1H3,(H2,20,21,30)(H,22,28,31)/t8-,9+,11+,12+,13+,14-,16+,17?/m0/s1. The molecule has 0 spiro atoms. The average molecular weight is 482 g/mol. The van der Waals surface area contributed by atoms with E-state index in [9.17, 15) is 34.8 Å². The van der Waals surface area contributed by atoms with Crippen molar-refractivity contribution in [1.82, 2.24) is 19.1 Å². The van der Waals surface area contributed by atoms with Crippen molar-refractivity contribution < 1.29 is 34.6 Å². The highest BCUT2D eigenvalue weighted by molar-refractivity contribution is 5.23. The van der Waals surface area contributed by atoms with Crippen molar-refractivity contribution >= 4 is 5.82 Å². The summed E-state index contributed by atoms with van der Waals surface area (Å²) in [5, 5.41) is 43.4. The third-order valence-corrected chi connectivity index (χ3v) is 5.75. The zero-order valence-corrected chi connectivity index (χ0v) is 17.9. The van der Waals surface area contributed by atoms with E-state index in [0.29, 0.717) is 0 Å². The molecule has 2 aliphatic heterocycles. The molecule has 185 valence electrons. The van der Waals surface area contributed by atoms with Gasteiger partial charge < -0.3 is 35.3 Å². The predicted octanol–water partition coefficient (Wildman–Crippen LogP) is -3.28. The van der Waals surface area contributed by atoms with E-state index in [1.807, 2.05) is 0 Å². The van der Waals surface area contributed by atoms with Crippen LogP contribution in [0.25, 0.3) is 0 Å². The number of aryl methyl sites for hydroxylation is 1. The van der Waals surface area contributed by atoms with Gasteiger partial charge in [-0.05, 0) is 13.0 Å². The molecule has 2 aliphatic rings. The van der Waals surface area contributed by atoms with Crippen LogP contribution in [0, 0.1) is 6.92 Å². The molecule has 0 aliphatic carbocycles. The quantitative estimate of drug-likeness (QED) is 0.257. The van der Waals surface area contributed by atoms with Crippen molar-refractivity contribution in [1.29, 1.82) is 0 Å². The highest BCUT2D eigenvalue weighted by Gasteiger charge is 2.46. The molecule has 4 rings (SSSR count). The first-order chi connectivity index (χ1) is 16.1. The number of anilines is 1. The van der Waals surface area contributed by atoms with Gasteiger partial charge in [0.2, 0.25) is 6.29 Å². The molecule has 2 aromatic heterocycles. The second-order valence-corrected chi connectivity index (χ2v) is 8.13. The highest BCUT2D eigenvalue weighted by Crippen LogP contribution is 2.32. The van der Waals surface area contributed by atoms with Gasteiger partial charge in [0.05, 0.1) is 12.7 Å². The lowest BCUT2D eigenvalue weighted by atomic mass is 10.1. The summed E-state index contributed by atoms with van der Waals surface area (Å²) < 4.78 is 18.2. The molecule has 0 amide bonds. The van der Waals surface area contributed by atoms with Crippen LogP contribution in [0.3, 0.4) is 0 Å². The minimum Gasteiger partial charge on any atom is -0.390 e. The fourth-order valence-corrected chi connectivity index (χ4v) is 3.89. The Kier molecular flexibility index (Phi) is 6.68. The summed E-state index contributed by atoms with van der Waals surface area (Å²) in [4.78, 5) is 41.2. The Morgan fingerprint density at radius 1 is 1.24 bits per heavy atom. The van der Waals surface area contributed by atoms with Crippen molar-refractivity contribution in [3.05, 3.63) is 55.3 Å². The summed E-state index contributed by atoms with van der Waals surface area (Å²) in [5.41, 5.74) is 3.56. The summed E-state index contributed by atoms with van der Waals surface area (Å²) >= 11 is 0. The van der Waals surface area contributed by atoms with Gasteiger partial charge in [0.25, 0.3) is 5.56 Å². The Bertz CT molecular complexity index is 1210. The second-order valence-electron chi connectivity index (χ2n) is 8.13. The number of aliphatic hydroxyl groups is 3. The summed E-state index contributed by atoms with van der Waals surface area (Å²) in [6, 6.07) is 1.31. The Hall–Kier alpha value is -2.92. The molecule has 0 bridgehead atoms. The minimum absolute atomic E-state index is 0.0314. The lowest BCUT2D eigenvalue weighted by Gasteiger charge is -2.22. The van der Waals surface area contributed by atoms with E-state index in [4.69, 9.17) is 19.9 Å². The number of nitrogens with zero attached hydrogens (tertiary/aromatic N) is 3. The third kappa shape index (κ3) is 4.54. The minimum atomic E-state index is -1.94. The van der Waals surface area contributed by atoms with Crippen LogP contribution in [0.15, 0.2) is 32.8 Å². The molecular weight excluding hydrogens is 458 g/mol. The fraction of sp³-hybridized carbons (Fsp3) is 0.579. The summed E-state index contributed by atoms with van der Waals surface area (Å²) in [5.74, 6) is -0.0314. The molecule has 34 heavy (non-hydrogen) atoms. The van der Waals surface area contributed by atoms with E-state index in [0.717, 1.165) is 9.13 Å². The van der Waals surface area contributed by atoms with Crippen LogP contribution in [0.5, 0.6) is 0 Å². The van der Waals surface area contributed by atoms with E-state index in [2.05, 4.69) is 9.97 Å². The van der Waals surface area contributed by atoms with Gasteiger partial charge in [0, 0.05) is 24.4 Å². The number of hydrogen-bond acceptors (Lipinski definition) is 11. The van der Waals surface area contributed by atoms with E-state index in [1.54, 1.807) is 0 Å². The van der Waals surface area contributed by atoms with Crippen LogP contribution >= 0.6 is 0 Å². The summed E-state index contributed by atoms with van der Waals surface area (Å²) in [7, 11) is 0. The maximum absolute atomic E-state index is 12.6. The van der Waals surface area contributed by atoms with E-state index >= 15 is 0 Å². The van der Waals surface area contributed by atoms with Gasteiger partial charge in [-0.25, -0.2) is 9.59 Å². The molecule has 1 unspecified atom stereocenters. The molecule has 0 aromatic carbocycles.